The van der Waals surface area contributed by atoms with E-state index in [9.17, 15) is 4.79 Å². The second-order valence-corrected chi connectivity index (χ2v) is 4.24. The van der Waals surface area contributed by atoms with Crippen molar-refractivity contribution < 1.29 is 4.79 Å². The predicted molar refractivity (Wildman–Crippen MR) is 63.1 cm³/mol. The van der Waals surface area contributed by atoms with Crippen molar-refractivity contribution in [2.45, 2.75) is 6.92 Å². The maximum atomic E-state index is 11.0. The molecule has 0 N–H and O–H groups in total. The minimum absolute atomic E-state index is 0.556. The Balaban J connectivity index is 3.09. The standard InChI is InChI=1S/C11H9Cl2NO/c1-6-7(5-15)10-8(12)3-4-9(13)11(10)14(6)2/h3-5H,1-2H3. The van der Waals surface area contributed by atoms with E-state index < -0.39 is 0 Å². The lowest BCUT2D eigenvalue weighted by atomic mass is 10.1. The Morgan fingerprint density at radius 2 is 1.87 bits per heavy atom. The average Bonchev–Trinajstić information content (AvgIpc) is 2.47. The Morgan fingerprint density at radius 1 is 1.27 bits per heavy atom. The van der Waals surface area contributed by atoms with Gasteiger partial charge in [-0.15, -0.1) is 0 Å². The first-order valence-corrected chi connectivity index (χ1v) is 5.21. The van der Waals surface area contributed by atoms with Gasteiger partial charge in [0.05, 0.1) is 15.6 Å². The highest BCUT2D eigenvalue weighted by atomic mass is 35.5. The van der Waals surface area contributed by atoms with Gasteiger partial charge in [0.2, 0.25) is 0 Å². The van der Waals surface area contributed by atoms with E-state index in [4.69, 9.17) is 23.2 Å². The molecule has 2 rings (SSSR count). The molecule has 2 aromatic rings. The molecule has 1 aromatic carbocycles. The predicted octanol–water partition coefficient (Wildman–Crippen LogP) is 3.61. The lowest BCUT2D eigenvalue weighted by molar-refractivity contribution is 0.112. The Hall–Kier alpha value is -0.990. The van der Waals surface area contributed by atoms with Crippen LogP contribution in [0.5, 0.6) is 0 Å². The maximum absolute atomic E-state index is 11.0. The third-order valence-corrected chi connectivity index (χ3v) is 3.31. The smallest absolute Gasteiger partial charge is 0.152 e. The maximum Gasteiger partial charge on any atom is 0.152 e. The Bertz CT molecular complexity index is 557. The number of halogens is 2. The van der Waals surface area contributed by atoms with Crippen molar-refractivity contribution in [2.24, 2.45) is 7.05 Å². The molecule has 0 radical (unpaired) electrons. The van der Waals surface area contributed by atoms with Gasteiger partial charge in [-0.3, -0.25) is 4.79 Å². The number of carbonyl (C=O) groups is 1. The number of aryl methyl sites for hydroxylation is 1. The Labute approximate surface area is 97.4 Å². The summed E-state index contributed by atoms with van der Waals surface area (Å²) in [5.74, 6) is 0. The highest BCUT2D eigenvalue weighted by Gasteiger charge is 2.16. The van der Waals surface area contributed by atoms with Crippen molar-refractivity contribution >= 4 is 40.4 Å². The van der Waals surface area contributed by atoms with E-state index in [1.54, 1.807) is 12.1 Å². The van der Waals surface area contributed by atoms with E-state index in [1.165, 1.54) is 0 Å². The summed E-state index contributed by atoms with van der Waals surface area (Å²) in [4.78, 5) is 11.0. The number of aldehydes is 1. The van der Waals surface area contributed by atoms with Crippen LogP contribution in [0.1, 0.15) is 16.1 Å². The number of aromatic nitrogens is 1. The van der Waals surface area contributed by atoms with Crippen LogP contribution in [0.25, 0.3) is 10.9 Å². The van der Waals surface area contributed by atoms with E-state index in [2.05, 4.69) is 0 Å². The van der Waals surface area contributed by atoms with Crippen LogP contribution >= 0.6 is 23.2 Å². The summed E-state index contributed by atoms with van der Waals surface area (Å²) in [6, 6.07) is 3.44. The molecule has 78 valence electrons. The zero-order chi connectivity index (χ0) is 11.2. The van der Waals surface area contributed by atoms with E-state index in [0.29, 0.717) is 15.6 Å². The van der Waals surface area contributed by atoms with Gasteiger partial charge in [0.25, 0.3) is 0 Å². The molecule has 1 heterocycles. The summed E-state index contributed by atoms with van der Waals surface area (Å²) in [6.45, 7) is 1.87. The Morgan fingerprint density at radius 3 is 2.47 bits per heavy atom. The van der Waals surface area contributed by atoms with Crippen molar-refractivity contribution in [3.8, 4) is 0 Å². The zero-order valence-corrected chi connectivity index (χ0v) is 9.86. The Kier molecular flexibility index (Phi) is 2.49. The summed E-state index contributed by atoms with van der Waals surface area (Å²) >= 11 is 12.1. The molecular formula is C11H9Cl2NO. The normalized spacial score (nSPS) is 10.9. The molecule has 0 spiro atoms. The molecule has 1 aromatic heterocycles. The van der Waals surface area contributed by atoms with Crippen LogP contribution in [0.3, 0.4) is 0 Å². The average molecular weight is 242 g/mol. The van der Waals surface area contributed by atoms with Gasteiger partial charge in [0, 0.05) is 23.7 Å². The van der Waals surface area contributed by atoms with Crippen molar-refractivity contribution in [2.75, 3.05) is 0 Å². The first-order valence-electron chi connectivity index (χ1n) is 4.46. The molecule has 0 bridgehead atoms. The molecule has 0 fully saturated rings. The second kappa shape index (κ2) is 3.54. The third kappa shape index (κ3) is 1.36. The van der Waals surface area contributed by atoms with Crippen molar-refractivity contribution in [1.29, 1.82) is 0 Å². The van der Waals surface area contributed by atoms with Crippen molar-refractivity contribution in [3.63, 3.8) is 0 Å². The lowest BCUT2D eigenvalue weighted by Crippen LogP contribution is -1.91. The zero-order valence-electron chi connectivity index (χ0n) is 8.34. The van der Waals surface area contributed by atoms with Crippen LogP contribution in [0, 0.1) is 6.92 Å². The molecule has 15 heavy (non-hydrogen) atoms. The highest BCUT2D eigenvalue weighted by Crippen LogP contribution is 2.34. The summed E-state index contributed by atoms with van der Waals surface area (Å²) in [5.41, 5.74) is 2.29. The van der Waals surface area contributed by atoms with Crippen LogP contribution < -0.4 is 0 Å². The van der Waals surface area contributed by atoms with E-state index in [1.807, 2.05) is 18.5 Å². The molecule has 2 nitrogen and oxygen atoms in total. The number of carbonyl (C=O) groups excluding carboxylic acids is 1. The first-order chi connectivity index (χ1) is 7.07. The van der Waals surface area contributed by atoms with Crippen LogP contribution in [0.15, 0.2) is 12.1 Å². The van der Waals surface area contributed by atoms with Gasteiger partial charge < -0.3 is 4.57 Å². The fraction of sp³-hybridized carbons (Fsp3) is 0.182. The van der Waals surface area contributed by atoms with Gasteiger partial charge in [-0.2, -0.15) is 0 Å². The van der Waals surface area contributed by atoms with E-state index in [-0.39, 0.29) is 0 Å². The van der Waals surface area contributed by atoms with Crippen molar-refractivity contribution in [3.05, 3.63) is 33.4 Å². The SMILES string of the molecule is Cc1c(C=O)c2c(Cl)ccc(Cl)c2n1C. The van der Waals surface area contributed by atoms with Gasteiger partial charge >= 0.3 is 0 Å². The largest absolute Gasteiger partial charge is 0.346 e. The molecule has 0 saturated carbocycles. The monoisotopic (exact) mass is 241 g/mol. The lowest BCUT2D eigenvalue weighted by Gasteiger charge is -2.01. The topological polar surface area (TPSA) is 22.0 Å². The number of hydrogen-bond acceptors (Lipinski definition) is 1. The number of hydrogen-bond donors (Lipinski definition) is 0. The molecule has 0 unspecified atom stereocenters. The van der Waals surface area contributed by atoms with Crippen LogP contribution in [0.2, 0.25) is 10.0 Å². The molecule has 0 atom stereocenters. The molecule has 4 heteroatoms. The van der Waals surface area contributed by atoms with Gasteiger partial charge in [-0.25, -0.2) is 0 Å². The van der Waals surface area contributed by atoms with Crippen LogP contribution in [-0.2, 0) is 7.05 Å². The number of fused-ring (bicyclic) bond motifs is 1. The molecular weight excluding hydrogens is 233 g/mol. The minimum atomic E-state index is 0.556. The summed E-state index contributed by atoms with van der Waals surface area (Å²) in [7, 11) is 1.87. The van der Waals surface area contributed by atoms with Gasteiger partial charge in [-0.1, -0.05) is 23.2 Å². The van der Waals surface area contributed by atoms with E-state index in [0.717, 1.165) is 22.9 Å². The molecule has 0 saturated heterocycles. The molecule has 0 aliphatic heterocycles. The van der Waals surface area contributed by atoms with Crippen molar-refractivity contribution in [1.82, 2.24) is 4.57 Å². The van der Waals surface area contributed by atoms with Gasteiger partial charge in [-0.05, 0) is 19.1 Å². The fourth-order valence-corrected chi connectivity index (χ4v) is 2.34. The summed E-state index contributed by atoms with van der Waals surface area (Å²) < 4.78 is 1.88. The quantitative estimate of drug-likeness (QED) is 0.700. The number of rotatable bonds is 1. The molecule has 0 aliphatic rings. The minimum Gasteiger partial charge on any atom is -0.346 e. The third-order valence-electron chi connectivity index (χ3n) is 2.69. The fourth-order valence-electron chi connectivity index (χ4n) is 1.80. The number of benzene rings is 1. The van der Waals surface area contributed by atoms with Crippen LogP contribution in [0.4, 0.5) is 0 Å². The van der Waals surface area contributed by atoms with Gasteiger partial charge in [0.1, 0.15) is 0 Å². The summed E-state index contributed by atoms with van der Waals surface area (Å²) in [6.07, 6.45) is 0.819. The highest BCUT2D eigenvalue weighted by molar-refractivity contribution is 6.41. The number of nitrogens with zero attached hydrogens (tertiary/aromatic N) is 1. The summed E-state index contributed by atoms with van der Waals surface area (Å²) in [5, 5.41) is 1.90. The van der Waals surface area contributed by atoms with E-state index >= 15 is 0 Å². The first kappa shape index (κ1) is 10.5. The van der Waals surface area contributed by atoms with Gasteiger partial charge in [0.15, 0.2) is 6.29 Å². The molecule has 0 aliphatic carbocycles. The molecule has 0 amide bonds. The van der Waals surface area contributed by atoms with Crippen LogP contribution in [-0.4, -0.2) is 10.9 Å². The second-order valence-electron chi connectivity index (χ2n) is 3.43.